The lowest BCUT2D eigenvalue weighted by Gasteiger charge is -2.29. The second kappa shape index (κ2) is 9.41. The molecule has 3 amide bonds. The Bertz CT molecular complexity index is 1300. The summed E-state index contributed by atoms with van der Waals surface area (Å²) in [5, 5.41) is 16.3. The molecule has 2 aliphatic carbocycles. The van der Waals surface area contributed by atoms with E-state index in [1.54, 1.807) is 18.1 Å². The van der Waals surface area contributed by atoms with E-state index in [1.165, 1.54) is 0 Å². The number of aromatic amines is 1. The molecule has 5 atom stereocenters. The summed E-state index contributed by atoms with van der Waals surface area (Å²) < 4.78 is 5.43. The number of rotatable bonds is 8. The Kier molecular flexibility index (Phi) is 6.17. The predicted octanol–water partition coefficient (Wildman–Crippen LogP) is 1.52. The van der Waals surface area contributed by atoms with Crippen molar-refractivity contribution in [1.82, 2.24) is 20.5 Å². The maximum absolute atomic E-state index is 13.8. The van der Waals surface area contributed by atoms with Gasteiger partial charge in [0.2, 0.25) is 11.8 Å². The number of fused-ring (bicyclic) bond motifs is 2. The average molecular weight is 523 g/mol. The Morgan fingerprint density at radius 2 is 2.08 bits per heavy atom. The number of hydrogen-bond acceptors (Lipinski definition) is 6. The maximum Gasteiger partial charge on any atom is 0.271 e. The van der Waals surface area contributed by atoms with E-state index < -0.39 is 30.4 Å². The largest absolute Gasteiger partial charge is 0.496 e. The van der Waals surface area contributed by atoms with E-state index in [-0.39, 0.29) is 41.5 Å². The van der Waals surface area contributed by atoms with Crippen LogP contribution >= 0.6 is 0 Å². The monoisotopic (exact) mass is 522 g/mol. The molecule has 2 saturated carbocycles. The third-order valence-corrected chi connectivity index (χ3v) is 9.13. The van der Waals surface area contributed by atoms with E-state index in [9.17, 15) is 24.3 Å². The number of likely N-dealkylation sites (tertiary alicyclic amines) is 1. The molecule has 4 fully saturated rings. The molecule has 2 aromatic rings. The van der Waals surface area contributed by atoms with Gasteiger partial charge in [-0.1, -0.05) is 12.5 Å². The number of aliphatic hydroxyl groups excluding tert-OH is 1. The number of Topliss-reactive ketones (excluding diaryl/α,β-unsaturated/α-hetero) is 1. The number of nitrogens with one attached hydrogen (secondary N) is 3. The Morgan fingerprint density at radius 1 is 1.26 bits per heavy atom. The van der Waals surface area contributed by atoms with E-state index in [0.717, 1.165) is 43.0 Å². The van der Waals surface area contributed by atoms with Crippen molar-refractivity contribution in [1.29, 1.82) is 0 Å². The number of ether oxygens (including phenoxy) is 1. The number of methoxy groups -OCH3 is 1. The minimum absolute atomic E-state index is 0.00672. The van der Waals surface area contributed by atoms with Crippen LogP contribution in [0.1, 0.15) is 55.4 Å². The second-order valence-electron chi connectivity index (χ2n) is 11.5. The molecule has 2 saturated heterocycles. The third-order valence-electron chi connectivity index (χ3n) is 9.13. The Morgan fingerprint density at radius 3 is 2.79 bits per heavy atom. The highest BCUT2D eigenvalue weighted by Gasteiger charge is 2.53. The molecule has 202 valence electrons. The molecule has 10 heteroatoms. The zero-order valence-corrected chi connectivity index (χ0v) is 21.5. The van der Waals surface area contributed by atoms with E-state index in [0.29, 0.717) is 24.4 Å². The number of ketones is 1. The fourth-order valence-corrected chi connectivity index (χ4v) is 7.00. The van der Waals surface area contributed by atoms with Gasteiger partial charge < -0.3 is 30.4 Å². The zero-order valence-electron chi connectivity index (χ0n) is 21.5. The average Bonchev–Trinajstić information content (AvgIpc) is 3.28. The highest BCUT2D eigenvalue weighted by atomic mass is 16.5. The fourth-order valence-electron chi connectivity index (χ4n) is 7.00. The first-order valence-corrected chi connectivity index (χ1v) is 13.5. The molecule has 2 aliphatic heterocycles. The highest BCUT2D eigenvalue weighted by molar-refractivity contribution is 6.02. The van der Waals surface area contributed by atoms with Crippen molar-refractivity contribution < 1.29 is 29.0 Å². The molecular formula is C28H34N4O6. The molecule has 1 aromatic heterocycles. The van der Waals surface area contributed by atoms with Crippen molar-refractivity contribution in [2.75, 3.05) is 20.3 Å². The summed E-state index contributed by atoms with van der Waals surface area (Å²) in [4.78, 5) is 57.5. The highest BCUT2D eigenvalue weighted by Crippen LogP contribution is 2.46. The maximum atomic E-state index is 13.8. The predicted molar refractivity (Wildman–Crippen MR) is 137 cm³/mol. The van der Waals surface area contributed by atoms with Gasteiger partial charge in [-0.2, -0.15) is 0 Å². The van der Waals surface area contributed by atoms with Crippen molar-refractivity contribution in [3.05, 3.63) is 30.0 Å². The van der Waals surface area contributed by atoms with Gasteiger partial charge in [0.1, 0.15) is 24.1 Å². The van der Waals surface area contributed by atoms with Crippen molar-refractivity contribution in [2.45, 2.75) is 62.6 Å². The summed E-state index contributed by atoms with van der Waals surface area (Å²) in [6, 6.07) is 5.60. The topological polar surface area (TPSA) is 141 Å². The number of H-pyrrole nitrogens is 1. The molecule has 38 heavy (non-hydrogen) atoms. The van der Waals surface area contributed by atoms with Crippen LogP contribution in [-0.2, 0) is 14.4 Å². The number of amides is 3. The first kappa shape index (κ1) is 24.9. The van der Waals surface area contributed by atoms with Crippen LogP contribution in [0.2, 0.25) is 0 Å². The van der Waals surface area contributed by atoms with Gasteiger partial charge in [0.05, 0.1) is 13.2 Å². The smallest absolute Gasteiger partial charge is 0.271 e. The minimum Gasteiger partial charge on any atom is -0.496 e. The first-order chi connectivity index (χ1) is 18.3. The van der Waals surface area contributed by atoms with Crippen LogP contribution in [0.15, 0.2) is 24.3 Å². The van der Waals surface area contributed by atoms with Crippen LogP contribution in [0.5, 0.6) is 5.75 Å². The zero-order chi connectivity index (χ0) is 26.6. The molecule has 0 radical (unpaired) electrons. The van der Waals surface area contributed by atoms with Gasteiger partial charge in [0, 0.05) is 28.9 Å². The molecule has 0 unspecified atom stereocenters. The van der Waals surface area contributed by atoms with Gasteiger partial charge in [0.25, 0.3) is 5.91 Å². The summed E-state index contributed by atoms with van der Waals surface area (Å²) in [7, 11) is 1.58. The standard InChI is InChI=1S/C28H34N4O6/c1-38-23-7-3-6-19-18(23)11-21(29-19)27(37)32-13-15-4-2-5-17(15)24(32)26(36)30-20(22(34)14-33)10-16-12-28(8-9-28)31-25(16)35/h3,6-7,11,15-17,20,24,29,33H,2,4-5,8-10,12-14H2,1H3,(H,30,36)(H,31,35)/t15-,16+,17-,20-,24-/m0/s1. The van der Waals surface area contributed by atoms with Crippen molar-refractivity contribution in [3.63, 3.8) is 0 Å². The lowest BCUT2D eigenvalue weighted by atomic mass is 9.91. The number of nitrogens with zero attached hydrogens (tertiary/aromatic N) is 1. The molecule has 10 nitrogen and oxygen atoms in total. The Labute approximate surface area is 220 Å². The number of aliphatic hydroxyl groups is 1. The summed E-state index contributed by atoms with van der Waals surface area (Å²) in [5.41, 5.74) is 1.000. The normalized spacial score (nSPS) is 27.8. The van der Waals surface area contributed by atoms with Crippen molar-refractivity contribution >= 4 is 34.4 Å². The first-order valence-electron chi connectivity index (χ1n) is 13.5. The van der Waals surface area contributed by atoms with Gasteiger partial charge >= 0.3 is 0 Å². The SMILES string of the molecule is COc1cccc2[nH]c(C(=O)N3C[C@@H]4CCC[C@@H]4[C@H]3C(=O)N[C@@H](C[C@@H]3CC4(CC4)NC3=O)C(=O)CO)cc12. The lowest BCUT2D eigenvalue weighted by Crippen LogP contribution is -2.53. The molecule has 3 heterocycles. The Hall–Kier alpha value is -3.40. The quantitative estimate of drug-likeness (QED) is 0.414. The van der Waals surface area contributed by atoms with Crippen LogP contribution in [0.25, 0.3) is 10.9 Å². The Balaban J connectivity index is 1.23. The second-order valence-corrected chi connectivity index (χ2v) is 11.5. The number of aromatic nitrogens is 1. The molecule has 0 bridgehead atoms. The molecule has 1 aromatic carbocycles. The minimum atomic E-state index is -0.980. The summed E-state index contributed by atoms with van der Waals surface area (Å²) in [6.07, 6.45) is 5.42. The van der Waals surface area contributed by atoms with Crippen LogP contribution in [0.3, 0.4) is 0 Å². The molecule has 4 aliphatic rings. The number of hydrogen-bond donors (Lipinski definition) is 4. The van der Waals surface area contributed by atoms with Crippen LogP contribution in [0, 0.1) is 17.8 Å². The van der Waals surface area contributed by atoms with Gasteiger partial charge in [-0.15, -0.1) is 0 Å². The number of benzene rings is 1. The van der Waals surface area contributed by atoms with E-state index in [4.69, 9.17) is 4.74 Å². The molecule has 6 rings (SSSR count). The van der Waals surface area contributed by atoms with Gasteiger partial charge in [-0.05, 0) is 68.6 Å². The van der Waals surface area contributed by atoms with Crippen molar-refractivity contribution in [2.24, 2.45) is 17.8 Å². The van der Waals surface area contributed by atoms with Crippen LogP contribution < -0.4 is 15.4 Å². The van der Waals surface area contributed by atoms with Crippen LogP contribution in [0.4, 0.5) is 0 Å². The summed E-state index contributed by atoms with van der Waals surface area (Å²) in [5.74, 6) is -0.802. The van der Waals surface area contributed by atoms with E-state index >= 15 is 0 Å². The van der Waals surface area contributed by atoms with Crippen LogP contribution in [-0.4, -0.2) is 76.4 Å². The lowest BCUT2D eigenvalue weighted by molar-refractivity contribution is -0.133. The number of carbonyl (C=O) groups is 4. The van der Waals surface area contributed by atoms with Crippen molar-refractivity contribution in [3.8, 4) is 5.75 Å². The van der Waals surface area contributed by atoms with E-state index in [1.807, 2.05) is 18.2 Å². The van der Waals surface area contributed by atoms with E-state index in [2.05, 4.69) is 15.6 Å². The van der Waals surface area contributed by atoms with Gasteiger partial charge in [0.15, 0.2) is 5.78 Å². The third kappa shape index (κ3) is 4.24. The molecular weight excluding hydrogens is 488 g/mol. The van der Waals surface area contributed by atoms with Gasteiger partial charge in [-0.3, -0.25) is 19.2 Å². The summed E-state index contributed by atoms with van der Waals surface area (Å²) in [6.45, 7) is -0.249. The number of carbonyl (C=O) groups excluding carboxylic acids is 4. The fraction of sp³-hybridized carbons (Fsp3) is 0.571. The van der Waals surface area contributed by atoms with Gasteiger partial charge in [-0.25, -0.2) is 0 Å². The summed E-state index contributed by atoms with van der Waals surface area (Å²) >= 11 is 0. The molecule has 4 N–H and O–H groups in total. The molecule has 1 spiro atoms.